The minimum Gasteiger partial charge on any atom is -0.300 e. The van der Waals surface area contributed by atoms with Crippen molar-refractivity contribution >= 4 is 5.78 Å². The topological polar surface area (TPSA) is 40.2 Å². The highest BCUT2D eigenvalue weighted by Gasteiger charge is 2.47. The summed E-state index contributed by atoms with van der Waals surface area (Å²) < 4.78 is 0. The highest BCUT2D eigenvalue weighted by atomic mass is 16.5. The van der Waals surface area contributed by atoms with Gasteiger partial charge in [0.15, 0.2) is 0 Å². The molecule has 1 aliphatic rings. The molecule has 0 amide bonds. The summed E-state index contributed by atoms with van der Waals surface area (Å²) in [5.74, 6) is 0.210. The van der Waals surface area contributed by atoms with Crippen LogP contribution in [0.15, 0.2) is 0 Å². The first kappa shape index (κ1) is 10.7. The molecule has 0 spiro atoms. The maximum absolute atomic E-state index is 11.9. The number of ketones is 1. The van der Waals surface area contributed by atoms with Gasteiger partial charge in [-0.25, -0.2) is 0 Å². The number of hydrogen-bond acceptors (Lipinski definition) is 2. The van der Waals surface area contributed by atoms with Crippen molar-refractivity contribution in [2.24, 2.45) is 0 Å². The molecule has 1 fully saturated rings. The molecule has 1 aliphatic heterocycles. The van der Waals surface area contributed by atoms with Gasteiger partial charge in [0.05, 0.1) is 11.1 Å². The molecule has 0 bridgehead atoms. The highest BCUT2D eigenvalue weighted by molar-refractivity contribution is 5.81. The van der Waals surface area contributed by atoms with Crippen LogP contribution in [0.2, 0.25) is 0 Å². The maximum Gasteiger partial charge on any atom is 0.136 e. The molecule has 1 heterocycles. The average Bonchev–Trinajstić information content (AvgIpc) is 1.99. The fourth-order valence-corrected chi connectivity index (χ4v) is 2.11. The Labute approximate surface area is 79.7 Å². The number of hydrogen-bond donors (Lipinski definition) is 0. The van der Waals surface area contributed by atoms with Crippen LogP contribution < -0.4 is 0 Å². The summed E-state index contributed by atoms with van der Waals surface area (Å²) >= 11 is 0. The Morgan fingerprint density at radius 3 is 2.31 bits per heavy atom. The van der Waals surface area contributed by atoms with Crippen molar-refractivity contribution in [2.45, 2.75) is 58.0 Å². The summed E-state index contributed by atoms with van der Waals surface area (Å²) in [6.45, 7) is 7.51. The summed E-state index contributed by atoms with van der Waals surface area (Å²) in [4.78, 5) is 11.4. The molecule has 75 valence electrons. The molecule has 1 saturated heterocycles. The molecule has 0 N–H and O–H groups in total. The molecule has 1 unspecified atom stereocenters. The van der Waals surface area contributed by atoms with Crippen molar-refractivity contribution in [3.05, 3.63) is 0 Å². The maximum atomic E-state index is 11.9. The van der Waals surface area contributed by atoms with E-state index < -0.39 is 11.1 Å². The second-order valence-corrected chi connectivity index (χ2v) is 4.85. The first-order chi connectivity index (χ1) is 5.82. The van der Waals surface area contributed by atoms with Gasteiger partial charge < -0.3 is 0 Å². The van der Waals surface area contributed by atoms with E-state index in [4.69, 9.17) is 0 Å². The van der Waals surface area contributed by atoms with E-state index in [-0.39, 0.29) is 5.78 Å². The molecule has 0 aliphatic carbocycles. The smallest absolute Gasteiger partial charge is 0.136 e. The quantitative estimate of drug-likeness (QED) is 0.625. The van der Waals surface area contributed by atoms with Crippen molar-refractivity contribution in [2.75, 3.05) is 0 Å². The average molecular weight is 184 g/mol. The van der Waals surface area contributed by atoms with Crippen molar-refractivity contribution in [1.82, 2.24) is 5.06 Å². The molecule has 1 radical (unpaired) electrons. The normalized spacial score (nSPS) is 35.0. The lowest BCUT2D eigenvalue weighted by molar-refractivity contribution is -0.285. The van der Waals surface area contributed by atoms with Crippen LogP contribution in [-0.2, 0) is 10.0 Å². The first-order valence-electron chi connectivity index (χ1n) is 4.81. The monoisotopic (exact) mass is 184 g/mol. The second kappa shape index (κ2) is 3.07. The van der Waals surface area contributed by atoms with Crippen LogP contribution >= 0.6 is 0 Å². The number of rotatable bonds is 1. The predicted molar refractivity (Wildman–Crippen MR) is 49.5 cm³/mol. The zero-order valence-electron chi connectivity index (χ0n) is 8.89. The lowest BCUT2D eigenvalue weighted by Gasteiger charge is -2.47. The Kier molecular flexibility index (Phi) is 2.52. The number of Topliss-reactive ketones (excluding diaryl/α,β-unsaturated/α-hetero) is 1. The predicted octanol–water partition coefficient (Wildman–Crippen LogP) is 1.94. The van der Waals surface area contributed by atoms with Gasteiger partial charge in [-0.05, 0) is 27.2 Å². The van der Waals surface area contributed by atoms with E-state index in [1.165, 1.54) is 0 Å². The number of nitrogens with zero attached hydrogens (tertiary/aromatic N) is 1. The Bertz CT molecular complexity index is 225. The molecular formula is C10H18NO2. The van der Waals surface area contributed by atoms with Gasteiger partial charge in [0.25, 0.3) is 0 Å². The summed E-state index contributed by atoms with van der Waals surface area (Å²) in [7, 11) is 0. The standard InChI is InChI=1S/C10H18NO2/c1-5-10(4)7-8(12)6-9(2,3)11(10)13/h5-7H2,1-4H3. The Balaban J connectivity index is 2.94. The van der Waals surface area contributed by atoms with E-state index in [0.29, 0.717) is 12.8 Å². The Hall–Kier alpha value is -0.410. The largest absolute Gasteiger partial charge is 0.300 e. The molecule has 0 aromatic rings. The fourth-order valence-electron chi connectivity index (χ4n) is 2.11. The van der Waals surface area contributed by atoms with Crippen LogP contribution in [0.5, 0.6) is 0 Å². The van der Waals surface area contributed by atoms with E-state index >= 15 is 0 Å². The van der Waals surface area contributed by atoms with Crippen molar-refractivity contribution in [3.63, 3.8) is 0 Å². The van der Waals surface area contributed by atoms with E-state index in [2.05, 4.69) is 0 Å². The Morgan fingerprint density at radius 2 is 1.85 bits per heavy atom. The molecule has 3 heteroatoms. The summed E-state index contributed by atoms with van der Waals surface area (Å²) in [5, 5.41) is 13.0. The van der Waals surface area contributed by atoms with Crippen LogP contribution in [0.4, 0.5) is 0 Å². The molecule has 0 saturated carbocycles. The SMILES string of the molecule is CCC1(C)CC(=O)CC(C)(C)N1[O]. The van der Waals surface area contributed by atoms with E-state index in [9.17, 15) is 10.0 Å². The van der Waals surface area contributed by atoms with Gasteiger partial charge >= 0.3 is 0 Å². The molecule has 1 atom stereocenters. The molecule has 3 nitrogen and oxygen atoms in total. The van der Waals surface area contributed by atoms with Crippen LogP contribution in [0.25, 0.3) is 0 Å². The van der Waals surface area contributed by atoms with Crippen molar-refractivity contribution in [1.29, 1.82) is 0 Å². The number of hydroxylamine groups is 2. The third kappa shape index (κ3) is 1.76. The molecule has 1 rings (SSSR count). The van der Waals surface area contributed by atoms with E-state index in [1.807, 2.05) is 27.7 Å². The highest BCUT2D eigenvalue weighted by Crippen LogP contribution is 2.36. The van der Waals surface area contributed by atoms with Gasteiger partial charge in [-0.2, -0.15) is 0 Å². The van der Waals surface area contributed by atoms with E-state index in [0.717, 1.165) is 11.5 Å². The van der Waals surface area contributed by atoms with Gasteiger partial charge in [-0.1, -0.05) is 6.92 Å². The summed E-state index contributed by atoms with van der Waals surface area (Å²) in [6, 6.07) is 0. The molecule has 0 aromatic heterocycles. The lowest BCUT2D eigenvalue weighted by atomic mass is 9.79. The number of piperidine rings is 1. The first-order valence-corrected chi connectivity index (χ1v) is 4.81. The molecular weight excluding hydrogens is 166 g/mol. The minimum absolute atomic E-state index is 0.210. The van der Waals surface area contributed by atoms with Crippen LogP contribution in [0.1, 0.15) is 47.0 Å². The second-order valence-electron chi connectivity index (χ2n) is 4.85. The third-order valence-corrected chi connectivity index (χ3v) is 3.01. The fraction of sp³-hybridized carbons (Fsp3) is 0.900. The third-order valence-electron chi connectivity index (χ3n) is 3.01. The zero-order chi connectivity index (χ0) is 10.3. The Morgan fingerprint density at radius 1 is 1.31 bits per heavy atom. The van der Waals surface area contributed by atoms with Gasteiger partial charge in [-0.3, -0.25) is 4.79 Å². The number of carbonyl (C=O) groups excluding carboxylic acids is 1. The van der Waals surface area contributed by atoms with Gasteiger partial charge in [0.2, 0.25) is 0 Å². The van der Waals surface area contributed by atoms with Gasteiger partial charge in [-0.15, -0.1) is 10.3 Å². The summed E-state index contributed by atoms with van der Waals surface area (Å²) in [5.41, 5.74) is -1.01. The van der Waals surface area contributed by atoms with Gasteiger partial charge in [0.1, 0.15) is 5.78 Å². The van der Waals surface area contributed by atoms with Crippen LogP contribution in [0, 0.1) is 0 Å². The molecule has 0 aromatic carbocycles. The minimum atomic E-state index is -0.528. The van der Waals surface area contributed by atoms with Crippen molar-refractivity contribution in [3.8, 4) is 0 Å². The van der Waals surface area contributed by atoms with E-state index in [1.54, 1.807) is 0 Å². The van der Waals surface area contributed by atoms with Crippen LogP contribution in [0.3, 0.4) is 0 Å². The summed E-state index contributed by atoms with van der Waals surface area (Å²) in [6.07, 6.45) is 1.51. The van der Waals surface area contributed by atoms with Crippen LogP contribution in [-0.4, -0.2) is 21.9 Å². The van der Waals surface area contributed by atoms with Gasteiger partial charge in [0, 0.05) is 12.8 Å². The lowest BCUT2D eigenvalue weighted by Crippen LogP contribution is -2.59. The molecule has 13 heavy (non-hydrogen) atoms. The number of carbonyl (C=O) groups is 1. The van der Waals surface area contributed by atoms with Crippen molar-refractivity contribution < 1.29 is 10.0 Å². The zero-order valence-corrected chi connectivity index (χ0v) is 8.89.